The molecule has 4 heteroatoms. The third-order valence-electron chi connectivity index (χ3n) is 3.54. The van der Waals surface area contributed by atoms with Crippen molar-refractivity contribution in [3.63, 3.8) is 0 Å². The molecular formula is C14H18ClNO2. The molecule has 0 aliphatic carbocycles. The molecule has 0 bridgehead atoms. The highest BCUT2D eigenvalue weighted by atomic mass is 35.5. The number of Topliss-reactive ketones (excluding diaryl/α,β-unsaturated/α-hetero) is 1. The number of aliphatic hydroxyl groups is 1. The van der Waals surface area contributed by atoms with Crippen LogP contribution in [0.1, 0.15) is 37.0 Å². The van der Waals surface area contributed by atoms with Gasteiger partial charge in [0.25, 0.3) is 0 Å². The zero-order valence-electron chi connectivity index (χ0n) is 10.7. The van der Waals surface area contributed by atoms with E-state index < -0.39 is 5.60 Å². The van der Waals surface area contributed by atoms with E-state index in [1.807, 2.05) is 13.0 Å². The summed E-state index contributed by atoms with van der Waals surface area (Å²) in [7, 11) is 0. The summed E-state index contributed by atoms with van der Waals surface area (Å²) < 4.78 is 0. The largest absolute Gasteiger partial charge is 0.390 e. The minimum absolute atomic E-state index is 0.0185. The Morgan fingerprint density at radius 3 is 2.50 bits per heavy atom. The first-order chi connectivity index (χ1) is 8.39. The van der Waals surface area contributed by atoms with Gasteiger partial charge < -0.3 is 10.0 Å². The zero-order valence-corrected chi connectivity index (χ0v) is 11.5. The molecule has 0 saturated carbocycles. The average Bonchev–Trinajstić information content (AvgIpc) is 2.29. The zero-order chi connectivity index (χ0) is 13.3. The van der Waals surface area contributed by atoms with Gasteiger partial charge in [-0.25, -0.2) is 0 Å². The molecule has 2 rings (SSSR count). The number of ketones is 1. The van der Waals surface area contributed by atoms with Crippen LogP contribution in [0.25, 0.3) is 0 Å². The monoisotopic (exact) mass is 267 g/mol. The van der Waals surface area contributed by atoms with Gasteiger partial charge in [0.15, 0.2) is 5.78 Å². The van der Waals surface area contributed by atoms with Crippen molar-refractivity contribution in [3.8, 4) is 0 Å². The van der Waals surface area contributed by atoms with Gasteiger partial charge in [0.1, 0.15) is 0 Å². The highest BCUT2D eigenvalue weighted by molar-refractivity contribution is 6.33. The Hall–Kier alpha value is -1.06. The Morgan fingerprint density at radius 1 is 1.39 bits per heavy atom. The predicted molar refractivity (Wildman–Crippen MR) is 73.5 cm³/mol. The number of halogens is 1. The van der Waals surface area contributed by atoms with Gasteiger partial charge >= 0.3 is 0 Å². The molecule has 1 heterocycles. The average molecular weight is 268 g/mol. The number of nitrogens with zero attached hydrogens (tertiary/aromatic N) is 1. The van der Waals surface area contributed by atoms with E-state index in [-0.39, 0.29) is 5.78 Å². The molecule has 0 radical (unpaired) electrons. The van der Waals surface area contributed by atoms with Crippen LogP contribution in [0.4, 0.5) is 5.69 Å². The van der Waals surface area contributed by atoms with Crippen molar-refractivity contribution in [2.45, 2.75) is 32.3 Å². The first-order valence-corrected chi connectivity index (χ1v) is 6.55. The standard InChI is InChI=1S/C14H18ClNO2/c1-10(17)11-3-4-13(12(15)9-11)16-7-5-14(2,18)6-8-16/h3-4,9,18H,5-8H2,1-2H3. The molecule has 0 spiro atoms. The summed E-state index contributed by atoms with van der Waals surface area (Å²) in [4.78, 5) is 13.4. The SMILES string of the molecule is CC(=O)c1ccc(N2CCC(C)(O)CC2)c(Cl)c1. The maximum absolute atomic E-state index is 11.3. The Labute approximate surface area is 112 Å². The van der Waals surface area contributed by atoms with Crippen molar-refractivity contribution in [3.05, 3.63) is 28.8 Å². The third-order valence-corrected chi connectivity index (χ3v) is 3.84. The van der Waals surface area contributed by atoms with Gasteiger partial charge in [0, 0.05) is 18.7 Å². The number of hydrogen-bond acceptors (Lipinski definition) is 3. The first kappa shape index (κ1) is 13.4. The van der Waals surface area contributed by atoms with Crippen molar-refractivity contribution in [1.82, 2.24) is 0 Å². The van der Waals surface area contributed by atoms with Crippen LogP contribution >= 0.6 is 11.6 Å². The fraction of sp³-hybridized carbons (Fsp3) is 0.500. The van der Waals surface area contributed by atoms with E-state index in [1.165, 1.54) is 6.92 Å². The molecule has 0 unspecified atom stereocenters. The molecule has 1 N–H and O–H groups in total. The van der Waals surface area contributed by atoms with E-state index in [1.54, 1.807) is 12.1 Å². The number of piperidine rings is 1. The molecule has 18 heavy (non-hydrogen) atoms. The second kappa shape index (κ2) is 4.90. The summed E-state index contributed by atoms with van der Waals surface area (Å²) in [6, 6.07) is 5.40. The second-order valence-corrected chi connectivity index (χ2v) is 5.61. The number of benzene rings is 1. The van der Waals surface area contributed by atoms with Gasteiger partial charge in [-0.2, -0.15) is 0 Å². The van der Waals surface area contributed by atoms with Crippen LogP contribution in [0.15, 0.2) is 18.2 Å². The fourth-order valence-corrected chi connectivity index (χ4v) is 2.51. The summed E-state index contributed by atoms with van der Waals surface area (Å²) >= 11 is 6.22. The topological polar surface area (TPSA) is 40.5 Å². The lowest BCUT2D eigenvalue weighted by Gasteiger charge is -2.37. The summed E-state index contributed by atoms with van der Waals surface area (Å²) in [6.45, 7) is 4.96. The van der Waals surface area contributed by atoms with Crippen molar-refractivity contribution < 1.29 is 9.90 Å². The van der Waals surface area contributed by atoms with E-state index in [9.17, 15) is 9.90 Å². The van der Waals surface area contributed by atoms with E-state index >= 15 is 0 Å². The van der Waals surface area contributed by atoms with Crippen molar-refractivity contribution in [2.75, 3.05) is 18.0 Å². The Bertz CT molecular complexity index is 461. The lowest BCUT2D eigenvalue weighted by atomic mass is 9.93. The normalized spacial score (nSPS) is 18.8. The van der Waals surface area contributed by atoms with Gasteiger partial charge in [-0.1, -0.05) is 11.6 Å². The molecule has 0 aromatic heterocycles. The van der Waals surface area contributed by atoms with Crippen LogP contribution in [0.3, 0.4) is 0 Å². The molecule has 1 fully saturated rings. The number of carbonyl (C=O) groups excluding carboxylic acids is 1. The van der Waals surface area contributed by atoms with Gasteiger partial charge in [-0.3, -0.25) is 4.79 Å². The Balaban J connectivity index is 2.17. The highest BCUT2D eigenvalue weighted by Crippen LogP contribution is 2.31. The van der Waals surface area contributed by atoms with Crippen molar-refractivity contribution in [1.29, 1.82) is 0 Å². The molecule has 0 amide bonds. The number of carbonyl (C=O) groups is 1. The van der Waals surface area contributed by atoms with Gasteiger partial charge in [-0.05, 0) is 44.9 Å². The van der Waals surface area contributed by atoms with E-state index in [2.05, 4.69) is 4.90 Å². The van der Waals surface area contributed by atoms with Crippen molar-refractivity contribution >= 4 is 23.1 Å². The Kier molecular flexibility index (Phi) is 3.64. The summed E-state index contributed by atoms with van der Waals surface area (Å²) in [6.07, 6.45) is 1.47. The lowest BCUT2D eigenvalue weighted by Crippen LogP contribution is -2.42. The predicted octanol–water partition coefficient (Wildman–Crippen LogP) is 2.89. The maximum atomic E-state index is 11.3. The van der Waals surface area contributed by atoms with E-state index in [0.717, 1.165) is 31.6 Å². The maximum Gasteiger partial charge on any atom is 0.159 e. The second-order valence-electron chi connectivity index (χ2n) is 5.21. The molecule has 1 saturated heterocycles. The fourth-order valence-electron chi connectivity index (χ4n) is 2.21. The van der Waals surface area contributed by atoms with Crippen LogP contribution in [0.5, 0.6) is 0 Å². The molecule has 1 aromatic carbocycles. The number of anilines is 1. The minimum Gasteiger partial charge on any atom is -0.390 e. The summed E-state index contributed by atoms with van der Waals surface area (Å²) in [5.74, 6) is 0.0185. The molecule has 98 valence electrons. The van der Waals surface area contributed by atoms with Crippen LogP contribution < -0.4 is 4.90 Å². The van der Waals surface area contributed by atoms with Crippen LogP contribution in [-0.4, -0.2) is 29.6 Å². The van der Waals surface area contributed by atoms with Gasteiger partial charge in [0.05, 0.1) is 16.3 Å². The molecule has 0 atom stereocenters. The van der Waals surface area contributed by atoms with Crippen LogP contribution in [0.2, 0.25) is 5.02 Å². The summed E-state index contributed by atoms with van der Waals surface area (Å²) in [5.41, 5.74) is 1.01. The van der Waals surface area contributed by atoms with Crippen molar-refractivity contribution in [2.24, 2.45) is 0 Å². The Morgan fingerprint density at radius 2 is 2.00 bits per heavy atom. The molecule has 1 aliphatic heterocycles. The number of hydrogen-bond donors (Lipinski definition) is 1. The van der Waals surface area contributed by atoms with Gasteiger partial charge in [0.2, 0.25) is 0 Å². The smallest absolute Gasteiger partial charge is 0.159 e. The summed E-state index contributed by atoms with van der Waals surface area (Å²) in [5, 5.41) is 10.5. The highest BCUT2D eigenvalue weighted by Gasteiger charge is 2.28. The van der Waals surface area contributed by atoms with E-state index in [4.69, 9.17) is 11.6 Å². The quantitative estimate of drug-likeness (QED) is 0.838. The minimum atomic E-state index is -0.567. The lowest BCUT2D eigenvalue weighted by molar-refractivity contribution is 0.0351. The molecule has 1 aliphatic rings. The molecule has 1 aromatic rings. The first-order valence-electron chi connectivity index (χ1n) is 6.17. The molecular weight excluding hydrogens is 250 g/mol. The van der Waals surface area contributed by atoms with Crippen LogP contribution in [0, 0.1) is 0 Å². The van der Waals surface area contributed by atoms with E-state index in [0.29, 0.717) is 10.6 Å². The number of rotatable bonds is 2. The van der Waals surface area contributed by atoms with Gasteiger partial charge in [-0.15, -0.1) is 0 Å². The van der Waals surface area contributed by atoms with Crippen LogP contribution in [-0.2, 0) is 0 Å². The third kappa shape index (κ3) is 2.85. The molecule has 3 nitrogen and oxygen atoms in total.